The van der Waals surface area contributed by atoms with E-state index in [1.807, 2.05) is 30.0 Å². The Kier molecular flexibility index (Phi) is 7.97. The van der Waals surface area contributed by atoms with Gasteiger partial charge in [0.1, 0.15) is 0 Å². The van der Waals surface area contributed by atoms with Gasteiger partial charge in [0.25, 0.3) is 0 Å². The van der Waals surface area contributed by atoms with Crippen LogP contribution in [0, 0.1) is 0 Å². The Balaban J connectivity index is 1.00. The molecule has 1 aliphatic carbocycles. The van der Waals surface area contributed by atoms with E-state index in [2.05, 4.69) is 188 Å². The Hall–Kier alpha value is -7.77. The summed E-state index contributed by atoms with van der Waals surface area (Å²) < 4.78 is 2.41. The topological polar surface area (TPSA) is 51.6 Å². The maximum atomic E-state index is 5.50. The first kappa shape index (κ1) is 36.7. The summed E-state index contributed by atoms with van der Waals surface area (Å²) >= 11 is 3.66. The number of benzene rings is 9. The van der Waals surface area contributed by atoms with Gasteiger partial charge in [0, 0.05) is 63.0 Å². The molecule has 4 nitrogen and oxygen atoms in total. The zero-order chi connectivity index (χ0) is 42.6. The average molecular weight is 863 g/mol. The smallest absolute Gasteiger partial charge is 0.165 e. The molecule has 3 aromatic heterocycles. The van der Waals surface area contributed by atoms with Crippen molar-refractivity contribution < 1.29 is 0 Å². The molecule has 0 atom stereocenters. The molecule has 0 radical (unpaired) electrons. The zero-order valence-electron chi connectivity index (χ0n) is 34.7. The molecule has 0 fully saturated rings. The van der Waals surface area contributed by atoms with E-state index < -0.39 is 5.41 Å². The lowest BCUT2D eigenvalue weighted by molar-refractivity contribution is 0.723. The van der Waals surface area contributed by atoms with E-state index in [9.17, 15) is 0 Å². The Morgan fingerprint density at radius 3 is 1.77 bits per heavy atom. The molecule has 4 heterocycles. The standard InChI is InChI=1S/C59H34N4S2/c1-2-16-35(17-3-1)56-61-57(63-58(62-56)42-24-15-23-41-40-22-6-11-29-51(40)65-55(41)42)37-19-14-18-36(32-37)54-45-33-44-38-20-4-7-25-46(38)59(49(44)34-43(45)39-21-5-10-28-50(39)60-54)47-26-8-12-30-52(47)64-53-31-13-9-27-48(53)59/h1-34H. The second-order valence-corrected chi connectivity index (χ2v) is 19.0. The highest BCUT2D eigenvalue weighted by atomic mass is 32.2. The summed E-state index contributed by atoms with van der Waals surface area (Å²) in [7, 11) is 0. The number of pyridine rings is 1. The minimum Gasteiger partial charge on any atom is -0.247 e. The van der Waals surface area contributed by atoms with Crippen LogP contribution in [0.15, 0.2) is 216 Å². The lowest BCUT2D eigenvalue weighted by Crippen LogP contribution is -2.31. The molecule has 9 aromatic carbocycles. The maximum Gasteiger partial charge on any atom is 0.165 e. The van der Waals surface area contributed by atoms with Gasteiger partial charge in [-0.05, 0) is 87.3 Å². The van der Waals surface area contributed by atoms with Crippen molar-refractivity contribution in [2.45, 2.75) is 15.2 Å². The molecule has 2 aliphatic rings. The number of hydrogen-bond acceptors (Lipinski definition) is 6. The molecule has 0 unspecified atom stereocenters. The molecule has 14 rings (SSSR count). The van der Waals surface area contributed by atoms with Crippen LogP contribution in [0.3, 0.4) is 0 Å². The van der Waals surface area contributed by atoms with E-state index >= 15 is 0 Å². The Morgan fingerprint density at radius 1 is 0.338 bits per heavy atom. The number of aromatic nitrogens is 4. The van der Waals surface area contributed by atoms with Gasteiger partial charge >= 0.3 is 0 Å². The summed E-state index contributed by atoms with van der Waals surface area (Å²) in [5.41, 5.74) is 13.0. The largest absolute Gasteiger partial charge is 0.247 e. The molecule has 12 aromatic rings. The predicted octanol–water partition coefficient (Wildman–Crippen LogP) is 15.4. The summed E-state index contributed by atoms with van der Waals surface area (Å²) in [5.74, 6) is 1.90. The molecule has 1 aliphatic heterocycles. The summed E-state index contributed by atoms with van der Waals surface area (Å²) in [6.07, 6.45) is 0. The number of fused-ring (bicyclic) bond motifs is 15. The number of para-hydroxylation sites is 1. The fraction of sp³-hybridized carbons (Fsp3) is 0.0169. The van der Waals surface area contributed by atoms with Gasteiger partial charge in [0.15, 0.2) is 17.5 Å². The maximum absolute atomic E-state index is 5.50. The van der Waals surface area contributed by atoms with Crippen LogP contribution in [0.25, 0.3) is 98.4 Å². The minimum absolute atomic E-state index is 0.476. The summed E-state index contributed by atoms with van der Waals surface area (Å²) in [6, 6.07) is 74.3. The van der Waals surface area contributed by atoms with Crippen molar-refractivity contribution in [2.75, 3.05) is 0 Å². The van der Waals surface area contributed by atoms with Crippen LogP contribution in [0.1, 0.15) is 22.3 Å². The van der Waals surface area contributed by atoms with E-state index in [4.69, 9.17) is 19.9 Å². The van der Waals surface area contributed by atoms with E-state index in [0.29, 0.717) is 17.5 Å². The first-order valence-electron chi connectivity index (χ1n) is 21.9. The van der Waals surface area contributed by atoms with Crippen molar-refractivity contribution >= 4 is 64.9 Å². The third-order valence-corrected chi connectivity index (χ3v) is 15.7. The van der Waals surface area contributed by atoms with Gasteiger partial charge in [-0.15, -0.1) is 11.3 Å². The van der Waals surface area contributed by atoms with Crippen molar-refractivity contribution in [3.8, 4) is 56.5 Å². The third-order valence-electron chi connectivity index (χ3n) is 13.4. The molecule has 0 bridgehead atoms. The number of rotatable bonds is 4. The number of thiophene rings is 1. The highest BCUT2D eigenvalue weighted by Crippen LogP contribution is 2.63. The molecular formula is C59H34N4S2. The number of nitrogens with zero attached hydrogens (tertiary/aromatic N) is 4. The van der Waals surface area contributed by atoms with E-state index in [0.717, 1.165) is 44.2 Å². The van der Waals surface area contributed by atoms with Gasteiger partial charge in [0.2, 0.25) is 0 Å². The molecule has 0 amide bonds. The van der Waals surface area contributed by atoms with Crippen LogP contribution < -0.4 is 0 Å². The predicted molar refractivity (Wildman–Crippen MR) is 269 cm³/mol. The lowest BCUT2D eigenvalue weighted by Gasteiger charge is -2.39. The van der Waals surface area contributed by atoms with E-state index in [1.54, 1.807) is 11.3 Å². The second-order valence-electron chi connectivity index (χ2n) is 16.8. The quantitative estimate of drug-likeness (QED) is 0.165. The first-order valence-corrected chi connectivity index (χ1v) is 23.5. The van der Waals surface area contributed by atoms with Gasteiger partial charge in [-0.2, -0.15) is 0 Å². The molecule has 6 heteroatoms. The van der Waals surface area contributed by atoms with Crippen LogP contribution in [0.4, 0.5) is 0 Å². The monoisotopic (exact) mass is 862 g/mol. The van der Waals surface area contributed by atoms with Crippen LogP contribution in [-0.4, -0.2) is 19.9 Å². The average Bonchev–Trinajstić information content (AvgIpc) is 3.89. The lowest BCUT2D eigenvalue weighted by atomic mass is 9.67. The fourth-order valence-corrected chi connectivity index (χ4v) is 13.0. The highest BCUT2D eigenvalue weighted by molar-refractivity contribution is 7.99. The minimum atomic E-state index is -0.476. The van der Waals surface area contributed by atoms with Gasteiger partial charge in [0.05, 0.1) is 16.6 Å². The van der Waals surface area contributed by atoms with Crippen molar-refractivity contribution in [2.24, 2.45) is 0 Å². The molecule has 302 valence electrons. The molecule has 0 saturated heterocycles. The zero-order valence-corrected chi connectivity index (χ0v) is 36.4. The van der Waals surface area contributed by atoms with Crippen LogP contribution in [-0.2, 0) is 5.41 Å². The van der Waals surface area contributed by atoms with E-state index in [-0.39, 0.29) is 0 Å². The van der Waals surface area contributed by atoms with Gasteiger partial charge in [-0.1, -0.05) is 169 Å². The van der Waals surface area contributed by atoms with Crippen LogP contribution >= 0.6 is 23.1 Å². The third kappa shape index (κ3) is 5.39. The SMILES string of the molecule is c1ccc(-c2nc(-c3cccc(-c4nc5ccccc5c5cc6c(cc45)-c4ccccc4C64c5ccccc5Sc5ccccc54)c3)nc(-c3cccc4c3sc3ccccc34)n2)cc1. The van der Waals surface area contributed by atoms with Crippen LogP contribution in [0.2, 0.25) is 0 Å². The normalized spacial score (nSPS) is 13.3. The molecule has 65 heavy (non-hydrogen) atoms. The van der Waals surface area contributed by atoms with Gasteiger partial charge < -0.3 is 0 Å². The summed E-state index contributed by atoms with van der Waals surface area (Å²) in [6.45, 7) is 0. The van der Waals surface area contributed by atoms with Crippen molar-refractivity contribution in [3.63, 3.8) is 0 Å². The summed E-state index contributed by atoms with van der Waals surface area (Å²) in [5, 5.41) is 5.87. The Bertz CT molecular complexity index is 3900. The fourth-order valence-electron chi connectivity index (χ4n) is 10.6. The van der Waals surface area contributed by atoms with Crippen LogP contribution in [0.5, 0.6) is 0 Å². The Labute approximate surface area is 383 Å². The first-order chi connectivity index (χ1) is 32.2. The van der Waals surface area contributed by atoms with Gasteiger partial charge in [-0.25, -0.2) is 19.9 Å². The Morgan fingerprint density at radius 2 is 0.938 bits per heavy atom. The van der Waals surface area contributed by atoms with Crippen molar-refractivity contribution in [3.05, 3.63) is 229 Å². The number of hydrogen-bond donors (Lipinski definition) is 0. The van der Waals surface area contributed by atoms with Gasteiger partial charge in [-0.3, -0.25) is 0 Å². The molecular weight excluding hydrogens is 829 g/mol. The molecule has 0 saturated carbocycles. The van der Waals surface area contributed by atoms with E-state index in [1.165, 1.54) is 68.7 Å². The highest BCUT2D eigenvalue weighted by Gasteiger charge is 2.50. The van der Waals surface area contributed by atoms with Crippen molar-refractivity contribution in [1.82, 2.24) is 19.9 Å². The molecule has 0 N–H and O–H groups in total. The molecule has 1 spiro atoms. The second kappa shape index (κ2) is 14.1. The van der Waals surface area contributed by atoms with Crippen molar-refractivity contribution in [1.29, 1.82) is 0 Å². The summed E-state index contributed by atoms with van der Waals surface area (Å²) in [4.78, 5) is 23.7.